The van der Waals surface area contributed by atoms with Crippen molar-refractivity contribution in [1.29, 1.82) is 0 Å². The lowest BCUT2D eigenvalue weighted by atomic mass is 10.2. The summed E-state index contributed by atoms with van der Waals surface area (Å²) in [5, 5.41) is 5.64. The lowest BCUT2D eigenvalue weighted by molar-refractivity contribution is -0.121. The van der Waals surface area contributed by atoms with Gasteiger partial charge in [-0.3, -0.25) is 9.59 Å². The maximum absolute atomic E-state index is 11.6. The first kappa shape index (κ1) is 18.8. The Hall–Kier alpha value is -1.23. The molecule has 0 aromatic rings. The Morgan fingerprint density at radius 2 is 1.85 bits per heavy atom. The molecule has 0 aromatic carbocycles. The minimum absolute atomic E-state index is 0.0468. The average Bonchev–Trinajstić information content (AvgIpc) is 2.45. The third-order valence-electron chi connectivity index (χ3n) is 2.68. The van der Waals surface area contributed by atoms with Crippen LogP contribution in [0.25, 0.3) is 0 Å². The summed E-state index contributed by atoms with van der Waals surface area (Å²) in [6.07, 6.45) is 9.13. The van der Waals surface area contributed by atoms with E-state index in [2.05, 4.69) is 23.3 Å². The second-order valence-corrected chi connectivity index (χ2v) is 4.95. The van der Waals surface area contributed by atoms with Crippen LogP contribution < -0.4 is 10.6 Å². The zero-order valence-corrected chi connectivity index (χ0v) is 13.3. The van der Waals surface area contributed by atoms with Crippen LogP contribution in [0.2, 0.25) is 0 Å². The molecule has 2 amide bonds. The molecule has 0 aliphatic heterocycles. The minimum atomic E-state index is -0.0468. The van der Waals surface area contributed by atoms with Gasteiger partial charge < -0.3 is 10.6 Å². The highest BCUT2D eigenvalue weighted by Crippen LogP contribution is 1.99. The smallest absolute Gasteiger partial charge is 0.229 e. The molecule has 0 atom stereocenters. The maximum atomic E-state index is 11.6. The monoisotopic (exact) mass is 298 g/mol. The van der Waals surface area contributed by atoms with E-state index in [1.165, 1.54) is 0 Å². The van der Waals surface area contributed by atoms with Gasteiger partial charge in [-0.05, 0) is 26.7 Å². The molecule has 0 unspecified atom stereocenters. The number of unbranched alkanes of at least 4 members (excludes halogenated alkanes) is 2. The van der Waals surface area contributed by atoms with Crippen molar-refractivity contribution in [3.8, 4) is 0 Å². The van der Waals surface area contributed by atoms with Crippen LogP contribution >= 0.6 is 12.6 Å². The Morgan fingerprint density at radius 1 is 1.10 bits per heavy atom. The van der Waals surface area contributed by atoms with Gasteiger partial charge in [0.1, 0.15) is 0 Å². The molecule has 2 N–H and O–H groups in total. The molecule has 0 aromatic heterocycles. The van der Waals surface area contributed by atoms with E-state index in [-0.39, 0.29) is 17.6 Å². The Morgan fingerprint density at radius 3 is 2.50 bits per heavy atom. The molecule has 5 heteroatoms. The number of hydrogen-bond donors (Lipinski definition) is 3. The second-order valence-electron chi connectivity index (χ2n) is 4.63. The highest BCUT2D eigenvalue weighted by molar-refractivity contribution is 7.81. The van der Waals surface area contributed by atoms with Crippen molar-refractivity contribution in [3.05, 3.63) is 23.8 Å². The molecule has 4 nitrogen and oxygen atoms in total. The molecule has 0 aliphatic rings. The quantitative estimate of drug-likeness (QED) is 0.329. The van der Waals surface area contributed by atoms with Crippen LogP contribution in [0.1, 0.15) is 39.5 Å². The Balaban J connectivity index is 3.52. The number of amides is 2. The number of rotatable bonds is 10. The second kappa shape index (κ2) is 12.8. The van der Waals surface area contributed by atoms with Crippen LogP contribution in [0.15, 0.2) is 23.8 Å². The topological polar surface area (TPSA) is 58.2 Å². The van der Waals surface area contributed by atoms with Crippen molar-refractivity contribution < 1.29 is 9.59 Å². The lowest BCUT2D eigenvalue weighted by Gasteiger charge is -2.06. The van der Waals surface area contributed by atoms with E-state index in [0.29, 0.717) is 19.5 Å². The van der Waals surface area contributed by atoms with Gasteiger partial charge >= 0.3 is 0 Å². The van der Waals surface area contributed by atoms with E-state index in [9.17, 15) is 9.59 Å². The predicted octanol–water partition coefficient (Wildman–Crippen LogP) is 2.23. The van der Waals surface area contributed by atoms with Gasteiger partial charge in [0.05, 0.1) is 5.75 Å². The summed E-state index contributed by atoms with van der Waals surface area (Å²) in [4.78, 5) is 22.5. The van der Waals surface area contributed by atoms with Crippen LogP contribution in [-0.4, -0.2) is 30.7 Å². The van der Waals surface area contributed by atoms with Crippen molar-refractivity contribution in [3.63, 3.8) is 0 Å². The molecule has 0 heterocycles. The van der Waals surface area contributed by atoms with Crippen molar-refractivity contribution in [2.24, 2.45) is 0 Å². The van der Waals surface area contributed by atoms with Crippen molar-refractivity contribution in [2.45, 2.75) is 39.5 Å². The van der Waals surface area contributed by atoms with Gasteiger partial charge in [0, 0.05) is 19.5 Å². The van der Waals surface area contributed by atoms with E-state index >= 15 is 0 Å². The van der Waals surface area contributed by atoms with Crippen molar-refractivity contribution in [2.75, 3.05) is 18.8 Å². The molecular weight excluding hydrogens is 272 g/mol. The number of hydrogen-bond acceptors (Lipinski definition) is 3. The first-order valence-electron chi connectivity index (χ1n) is 7.02. The van der Waals surface area contributed by atoms with E-state index < -0.39 is 0 Å². The Labute approximate surface area is 127 Å². The van der Waals surface area contributed by atoms with E-state index in [1.807, 2.05) is 32.1 Å². The van der Waals surface area contributed by atoms with Gasteiger partial charge in [-0.15, -0.1) is 0 Å². The number of allylic oxidation sites excluding steroid dienone is 3. The number of thiol groups is 1. The standard InChI is InChI=1S/C15H26N2O2S/c1-3-4-8-13(2)11-17-14(18)9-6-5-7-10-16-15(19)12-20/h3-4,8,20H,5-7,9-12H2,1-2H3,(H,16,19)(H,17,18)/b4-3-,13-8+. The van der Waals surface area contributed by atoms with E-state index in [0.717, 1.165) is 24.8 Å². The molecule has 0 spiro atoms. The van der Waals surface area contributed by atoms with Crippen LogP contribution in [0, 0.1) is 0 Å². The van der Waals surface area contributed by atoms with Crippen LogP contribution in [0.4, 0.5) is 0 Å². The van der Waals surface area contributed by atoms with Gasteiger partial charge in [0.15, 0.2) is 0 Å². The van der Waals surface area contributed by atoms with Crippen molar-refractivity contribution >= 4 is 24.4 Å². The molecule has 0 bridgehead atoms. The van der Waals surface area contributed by atoms with Gasteiger partial charge in [-0.25, -0.2) is 0 Å². The molecule has 0 saturated carbocycles. The molecule has 0 fully saturated rings. The van der Waals surface area contributed by atoms with Gasteiger partial charge in [-0.2, -0.15) is 12.6 Å². The molecule has 0 aliphatic carbocycles. The summed E-state index contributed by atoms with van der Waals surface area (Å²) in [5.41, 5.74) is 1.13. The van der Waals surface area contributed by atoms with E-state index in [4.69, 9.17) is 0 Å². The molecular formula is C15H26N2O2S. The summed E-state index contributed by atoms with van der Waals surface area (Å²) in [5.74, 6) is 0.259. The Bertz CT molecular complexity index is 352. The highest BCUT2D eigenvalue weighted by Gasteiger charge is 2.01. The average molecular weight is 298 g/mol. The first-order chi connectivity index (χ1) is 9.60. The molecule has 114 valence electrons. The van der Waals surface area contributed by atoms with Gasteiger partial charge in [0.25, 0.3) is 0 Å². The summed E-state index contributed by atoms with van der Waals surface area (Å²) in [6.45, 7) is 5.21. The normalized spacial score (nSPS) is 11.7. The SMILES string of the molecule is C/C=C\C=C(/C)CNC(=O)CCCCCNC(=O)CS. The summed E-state index contributed by atoms with van der Waals surface area (Å²) in [7, 11) is 0. The van der Waals surface area contributed by atoms with Crippen LogP contribution in [0.5, 0.6) is 0 Å². The summed E-state index contributed by atoms with van der Waals surface area (Å²) >= 11 is 3.87. The maximum Gasteiger partial charge on any atom is 0.229 e. The third kappa shape index (κ3) is 11.8. The lowest BCUT2D eigenvalue weighted by Crippen LogP contribution is -2.26. The van der Waals surface area contributed by atoms with Gasteiger partial charge in [0.2, 0.25) is 11.8 Å². The number of carbonyl (C=O) groups excluding carboxylic acids is 2. The van der Waals surface area contributed by atoms with E-state index in [1.54, 1.807) is 0 Å². The fourth-order valence-corrected chi connectivity index (χ4v) is 1.63. The highest BCUT2D eigenvalue weighted by atomic mass is 32.1. The zero-order valence-electron chi connectivity index (χ0n) is 12.4. The van der Waals surface area contributed by atoms with Gasteiger partial charge in [-0.1, -0.05) is 30.2 Å². The van der Waals surface area contributed by atoms with Crippen LogP contribution in [-0.2, 0) is 9.59 Å². The third-order valence-corrected chi connectivity index (χ3v) is 2.97. The summed E-state index contributed by atoms with van der Waals surface area (Å²) in [6, 6.07) is 0. The fourth-order valence-electron chi connectivity index (χ4n) is 1.52. The Kier molecular flexibility index (Phi) is 12.0. The largest absolute Gasteiger partial charge is 0.355 e. The molecule has 20 heavy (non-hydrogen) atoms. The van der Waals surface area contributed by atoms with Crippen LogP contribution in [0.3, 0.4) is 0 Å². The summed E-state index contributed by atoms with van der Waals surface area (Å²) < 4.78 is 0. The molecule has 0 saturated heterocycles. The fraction of sp³-hybridized carbons (Fsp3) is 0.600. The molecule has 0 radical (unpaired) electrons. The van der Waals surface area contributed by atoms with Crippen molar-refractivity contribution in [1.82, 2.24) is 10.6 Å². The molecule has 0 rings (SSSR count). The zero-order chi connectivity index (χ0) is 15.2. The first-order valence-corrected chi connectivity index (χ1v) is 7.66. The minimum Gasteiger partial charge on any atom is -0.355 e. The predicted molar refractivity (Wildman–Crippen MR) is 86.9 cm³/mol. The number of nitrogens with one attached hydrogen (secondary N) is 2. The number of carbonyl (C=O) groups is 2.